The molecule has 4 aliphatic carbocycles. The zero-order chi connectivity index (χ0) is 41.2. The molecule has 62 heavy (non-hydrogen) atoms. The zero-order valence-electron chi connectivity index (χ0n) is 35.5. The quantitative estimate of drug-likeness (QED) is 0.164. The highest BCUT2D eigenvalue weighted by atomic mass is 14.5. The van der Waals surface area contributed by atoms with Crippen LogP contribution in [0.5, 0.6) is 0 Å². The van der Waals surface area contributed by atoms with Gasteiger partial charge in [-0.25, -0.2) is 0 Å². The molecule has 2 atom stereocenters. The monoisotopic (exact) mass is 788 g/mol. The van der Waals surface area contributed by atoms with Crippen molar-refractivity contribution >= 4 is 32.3 Å². The first-order valence-electron chi connectivity index (χ1n) is 22.4. The van der Waals surface area contributed by atoms with Crippen LogP contribution < -0.4 is 0 Å². The highest BCUT2D eigenvalue weighted by molar-refractivity contribution is 6.08. The SMILES string of the molecule is CC1(C)c2cc(C3c4ccccc4-c4c3ccc3ccccc43)ccc2-c2cc3c(cc21)-c1c(cc(C2c4ccccc4-c4c2ccc2ccccc42)c2ccccc12)C3(C)C. The molecule has 0 radical (unpaired) electrons. The number of fused-ring (bicyclic) bond motifs is 18. The minimum Gasteiger partial charge on any atom is -0.0619 e. The molecule has 0 nitrogen and oxygen atoms in total. The third-order valence-electron chi connectivity index (χ3n) is 15.8. The fourth-order valence-electron chi connectivity index (χ4n) is 12.9. The lowest BCUT2D eigenvalue weighted by molar-refractivity contribution is 0.651. The Bertz CT molecular complexity index is 3650. The molecule has 0 heteroatoms. The van der Waals surface area contributed by atoms with Gasteiger partial charge in [-0.1, -0.05) is 198 Å². The van der Waals surface area contributed by atoms with E-state index in [0.717, 1.165) is 0 Å². The van der Waals surface area contributed by atoms with Gasteiger partial charge in [0.15, 0.2) is 0 Å². The van der Waals surface area contributed by atoms with E-state index in [9.17, 15) is 0 Å². The summed E-state index contributed by atoms with van der Waals surface area (Å²) in [6, 6.07) is 70.0. The highest BCUT2D eigenvalue weighted by Gasteiger charge is 2.44. The van der Waals surface area contributed by atoms with E-state index in [2.05, 4.69) is 210 Å². The fraction of sp³-hybridized carbons (Fsp3) is 0.129. The van der Waals surface area contributed by atoms with E-state index in [0.29, 0.717) is 0 Å². The number of benzene rings is 10. The third kappa shape index (κ3) is 4.28. The van der Waals surface area contributed by atoms with E-state index in [-0.39, 0.29) is 22.7 Å². The largest absolute Gasteiger partial charge is 0.0619 e. The van der Waals surface area contributed by atoms with E-state index >= 15 is 0 Å². The Hall–Kier alpha value is -7.02. The number of hydrogen-bond acceptors (Lipinski definition) is 0. The molecule has 14 rings (SSSR count). The summed E-state index contributed by atoms with van der Waals surface area (Å²) in [7, 11) is 0. The molecule has 292 valence electrons. The molecule has 0 heterocycles. The second kappa shape index (κ2) is 11.9. The summed E-state index contributed by atoms with van der Waals surface area (Å²) in [4.78, 5) is 0. The molecule has 0 amide bonds. The first-order chi connectivity index (χ1) is 30.3. The van der Waals surface area contributed by atoms with Crippen molar-refractivity contribution in [3.63, 3.8) is 0 Å². The summed E-state index contributed by atoms with van der Waals surface area (Å²) in [5.74, 6) is 0.354. The average molecular weight is 789 g/mol. The number of rotatable bonds is 2. The van der Waals surface area contributed by atoms with Crippen molar-refractivity contribution in [2.24, 2.45) is 0 Å². The molecule has 10 aromatic carbocycles. The molecule has 0 bridgehead atoms. The molecule has 0 saturated heterocycles. The maximum Gasteiger partial charge on any atom is 0.0358 e. The van der Waals surface area contributed by atoms with Crippen molar-refractivity contribution in [2.75, 3.05) is 0 Å². The molecule has 2 unspecified atom stereocenters. The minimum absolute atomic E-state index is 0.156. The lowest BCUT2D eigenvalue weighted by atomic mass is 9.77. The van der Waals surface area contributed by atoms with Gasteiger partial charge in [-0.15, -0.1) is 0 Å². The van der Waals surface area contributed by atoms with Crippen LogP contribution in [0.25, 0.3) is 76.8 Å². The summed E-state index contributed by atoms with van der Waals surface area (Å²) in [6.45, 7) is 9.85. The Balaban J connectivity index is 0.934. The highest BCUT2D eigenvalue weighted by Crippen LogP contribution is 2.60. The molecule has 0 aliphatic heterocycles. The Labute approximate surface area is 363 Å². The predicted molar refractivity (Wildman–Crippen MR) is 260 cm³/mol. The van der Waals surface area contributed by atoms with Crippen LogP contribution in [0.1, 0.15) is 95.2 Å². The van der Waals surface area contributed by atoms with Crippen molar-refractivity contribution < 1.29 is 0 Å². The van der Waals surface area contributed by atoms with Gasteiger partial charge in [-0.2, -0.15) is 0 Å². The van der Waals surface area contributed by atoms with Crippen LogP contribution >= 0.6 is 0 Å². The Morgan fingerprint density at radius 2 is 0.790 bits per heavy atom. The van der Waals surface area contributed by atoms with Gasteiger partial charge in [0, 0.05) is 22.7 Å². The van der Waals surface area contributed by atoms with E-state index < -0.39 is 0 Å². The smallest absolute Gasteiger partial charge is 0.0358 e. The van der Waals surface area contributed by atoms with Gasteiger partial charge in [0.1, 0.15) is 0 Å². The van der Waals surface area contributed by atoms with Crippen LogP contribution in [0.15, 0.2) is 182 Å². The zero-order valence-corrected chi connectivity index (χ0v) is 35.5. The molecule has 0 aromatic heterocycles. The molecule has 10 aromatic rings. The van der Waals surface area contributed by atoms with E-state index in [4.69, 9.17) is 0 Å². The topological polar surface area (TPSA) is 0 Å². The second-order valence-electron chi connectivity index (χ2n) is 19.5. The van der Waals surface area contributed by atoms with Gasteiger partial charge in [0.2, 0.25) is 0 Å². The minimum atomic E-state index is -0.185. The van der Waals surface area contributed by atoms with Crippen LogP contribution in [-0.2, 0) is 10.8 Å². The van der Waals surface area contributed by atoms with Crippen LogP contribution in [-0.4, -0.2) is 0 Å². The molecular weight excluding hydrogens is 745 g/mol. The lowest BCUT2D eigenvalue weighted by Crippen LogP contribution is -2.17. The molecule has 4 aliphatic rings. The third-order valence-corrected chi connectivity index (χ3v) is 15.8. The Morgan fingerprint density at radius 1 is 0.290 bits per heavy atom. The summed E-state index contributed by atoms with van der Waals surface area (Å²) < 4.78 is 0. The Morgan fingerprint density at radius 3 is 1.47 bits per heavy atom. The van der Waals surface area contributed by atoms with E-state index in [1.165, 1.54) is 132 Å². The van der Waals surface area contributed by atoms with E-state index in [1.807, 2.05) is 0 Å². The summed E-state index contributed by atoms with van der Waals surface area (Å²) in [6.07, 6.45) is 0. The summed E-state index contributed by atoms with van der Waals surface area (Å²) >= 11 is 0. The van der Waals surface area contributed by atoms with Crippen LogP contribution in [0.2, 0.25) is 0 Å². The second-order valence-corrected chi connectivity index (χ2v) is 19.5. The van der Waals surface area contributed by atoms with Gasteiger partial charge >= 0.3 is 0 Å². The molecule has 0 spiro atoms. The molecule has 0 fully saturated rings. The van der Waals surface area contributed by atoms with Crippen LogP contribution in [0.4, 0.5) is 0 Å². The van der Waals surface area contributed by atoms with Crippen molar-refractivity contribution in [3.8, 4) is 44.5 Å². The first kappa shape index (κ1) is 34.7. The predicted octanol–water partition coefficient (Wildman–Crippen LogP) is 16.1. The van der Waals surface area contributed by atoms with Gasteiger partial charge in [-0.3, -0.25) is 0 Å². The molecule has 0 saturated carbocycles. The van der Waals surface area contributed by atoms with E-state index in [1.54, 1.807) is 0 Å². The van der Waals surface area contributed by atoms with Crippen LogP contribution in [0, 0.1) is 0 Å². The normalized spacial score (nSPS) is 17.6. The molecular formula is C62H44. The van der Waals surface area contributed by atoms with Gasteiger partial charge in [-0.05, 0) is 145 Å². The maximum absolute atomic E-state index is 2.61. The molecule has 0 N–H and O–H groups in total. The summed E-state index contributed by atoms with van der Waals surface area (Å²) in [5, 5.41) is 8.01. The average Bonchev–Trinajstić information content (AvgIpc) is 3.97. The maximum atomic E-state index is 2.61. The summed E-state index contributed by atoms with van der Waals surface area (Å²) in [5.41, 5.74) is 25.0. The van der Waals surface area contributed by atoms with Crippen LogP contribution in [0.3, 0.4) is 0 Å². The van der Waals surface area contributed by atoms with Gasteiger partial charge in [0.25, 0.3) is 0 Å². The lowest BCUT2D eigenvalue weighted by Gasteiger charge is -2.25. The van der Waals surface area contributed by atoms with Gasteiger partial charge in [0.05, 0.1) is 0 Å². The van der Waals surface area contributed by atoms with Gasteiger partial charge < -0.3 is 0 Å². The number of hydrogen-bond donors (Lipinski definition) is 0. The van der Waals surface area contributed by atoms with Crippen molar-refractivity contribution in [1.29, 1.82) is 0 Å². The first-order valence-corrected chi connectivity index (χ1v) is 22.4. The van der Waals surface area contributed by atoms with Crippen molar-refractivity contribution in [1.82, 2.24) is 0 Å². The fourth-order valence-corrected chi connectivity index (χ4v) is 12.9. The Kier molecular flexibility index (Phi) is 6.64. The standard InChI is InChI=1S/C62H44/c1-61(2)52-31-37(56-43-21-11-12-22-44(43)57-38-17-7-5-15-35(38)25-29-47(56)57)27-28-41(52)49-32-54-51(34-53(49)61)60-42-20-10-9-19-40(42)50(33-55(60)62(54,3)4)59-46-24-14-13-23-45(46)58-39-18-8-6-16-36(39)26-30-48(58)59/h5-34,56,59H,1-4H3. The van der Waals surface area contributed by atoms with Crippen molar-refractivity contribution in [2.45, 2.75) is 50.4 Å². The van der Waals surface area contributed by atoms with Crippen molar-refractivity contribution in [3.05, 3.63) is 238 Å².